The van der Waals surface area contributed by atoms with Crippen LogP contribution >= 0.6 is 11.3 Å². The molecule has 2 aromatic rings. The molecule has 0 N–H and O–H groups in total. The fourth-order valence-electron chi connectivity index (χ4n) is 1.24. The third-order valence-electron chi connectivity index (χ3n) is 1.97. The number of aromatic nitrogens is 3. The largest absolute Gasteiger partial charge is 0.480 e. The molecule has 0 amide bonds. The highest BCUT2D eigenvalue weighted by Crippen LogP contribution is 2.37. The van der Waals surface area contributed by atoms with Crippen molar-refractivity contribution in [1.29, 1.82) is 0 Å². The first kappa shape index (κ1) is 12.7. The first-order valence-corrected chi connectivity index (χ1v) is 5.45. The van der Waals surface area contributed by atoms with E-state index >= 15 is 0 Å². The zero-order chi connectivity index (χ0) is 13.3. The molecular weight excluding hydrogens is 274 g/mol. The molecule has 18 heavy (non-hydrogen) atoms. The molecule has 0 radical (unpaired) electrons. The Bertz CT molecular complexity index is 556. The van der Waals surface area contributed by atoms with Crippen molar-refractivity contribution in [3.8, 4) is 17.4 Å². The Morgan fingerprint density at radius 2 is 2.00 bits per heavy atom. The summed E-state index contributed by atoms with van der Waals surface area (Å²) in [6.07, 6.45) is -4.92. The van der Waals surface area contributed by atoms with E-state index in [1.807, 2.05) is 0 Å². The SMILES string of the molecule is COc1nc(-c2cscn2)nc(F)c1C(F)(F)F. The average Bonchev–Trinajstić information content (AvgIpc) is 2.79. The average molecular weight is 279 g/mol. The highest BCUT2D eigenvalue weighted by atomic mass is 32.1. The molecule has 2 rings (SSSR count). The lowest BCUT2D eigenvalue weighted by molar-refractivity contribution is -0.142. The van der Waals surface area contributed by atoms with Crippen LogP contribution in [0.25, 0.3) is 11.5 Å². The lowest BCUT2D eigenvalue weighted by Crippen LogP contribution is -2.14. The second-order valence-electron chi connectivity index (χ2n) is 3.09. The van der Waals surface area contributed by atoms with Crippen LogP contribution in [0.15, 0.2) is 10.9 Å². The molecule has 0 aliphatic rings. The minimum absolute atomic E-state index is 0.186. The number of thiazole rings is 1. The van der Waals surface area contributed by atoms with Gasteiger partial charge in [0.15, 0.2) is 11.4 Å². The third-order valence-corrected chi connectivity index (χ3v) is 2.56. The van der Waals surface area contributed by atoms with Crippen LogP contribution in [0.2, 0.25) is 0 Å². The van der Waals surface area contributed by atoms with Crippen LogP contribution in [0.3, 0.4) is 0 Å². The molecule has 9 heteroatoms. The number of hydrogen-bond acceptors (Lipinski definition) is 5. The molecule has 0 unspecified atom stereocenters. The van der Waals surface area contributed by atoms with Crippen molar-refractivity contribution in [2.45, 2.75) is 6.18 Å². The molecule has 2 heterocycles. The third kappa shape index (κ3) is 2.26. The lowest BCUT2D eigenvalue weighted by atomic mass is 10.3. The van der Waals surface area contributed by atoms with Gasteiger partial charge in [-0.05, 0) is 0 Å². The predicted octanol–water partition coefficient (Wildman–Crippen LogP) is 2.77. The van der Waals surface area contributed by atoms with Gasteiger partial charge in [-0.15, -0.1) is 11.3 Å². The Hall–Kier alpha value is -1.77. The van der Waals surface area contributed by atoms with Gasteiger partial charge < -0.3 is 4.74 Å². The molecule has 0 atom stereocenters. The number of nitrogens with zero attached hydrogens (tertiary/aromatic N) is 3. The quantitative estimate of drug-likeness (QED) is 0.626. The smallest absolute Gasteiger partial charge is 0.426 e. The summed E-state index contributed by atoms with van der Waals surface area (Å²) in [5.74, 6) is -2.80. The van der Waals surface area contributed by atoms with E-state index < -0.39 is 23.6 Å². The van der Waals surface area contributed by atoms with Gasteiger partial charge in [0.2, 0.25) is 11.8 Å². The Kier molecular flexibility index (Phi) is 3.16. The summed E-state index contributed by atoms with van der Waals surface area (Å²) >= 11 is 1.19. The van der Waals surface area contributed by atoms with E-state index in [0.29, 0.717) is 0 Å². The summed E-state index contributed by atoms with van der Waals surface area (Å²) in [7, 11) is 0.974. The first-order valence-electron chi connectivity index (χ1n) is 4.50. The normalized spacial score (nSPS) is 11.6. The fourth-order valence-corrected chi connectivity index (χ4v) is 1.77. The van der Waals surface area contributed by atoms with E-state index in [-0.39, 0.29) is 11.5 Å². The molecule has 0 saturated carbocycles. The summed E-state index contributed by atoms with van der Waals surface area (Å²) in [5.41, 5.74) is -0.00398. The van der Waals surface area contributed by atoms with Crippen molar-refractivity contribution in [3.63, 3.8) is 0 Å². The fraction of sp³-hybridized carbons (Fsp3) is 0.222. The molecule has 0 bridgehead atoms. The van der Waals surface area contributed by atoms with E-state index in [1.165, 1.54) is 22.2 Å². The van der Waals surface area contributed by atoms with E-state index in [9.17, 15) is 17.6 Å². The van der Waals surface area contributed by atoms with Gasteiger partial charge in [-0.3, -0.25) is 0 Å². The van der Waals surface area contributed by atoms with Crippen molar-refractivity contribution >= 4 is 11.3 Å². The number of hydrogen-bond donors (Lipinski definition) is 0. The number of rotatable bonds is 2. The molecule has 96 valence electrons. The van der Waals surface area contributed by atoms with Crippen LogP contribution in [0.1, 0.15) is 5.56 Å². The maximum atomic E-state index is 13.4. The molecule has 0 spiro atoms. The number of ether oxygens (including phenoxy) is 1. The topological polar surface area (TPSA) is 47.9 Å². The minimum atomic E-state index is -4.92. The van der Waals surface area contributed by atoms with Crippen LogP contribution in [0.4, 0.5) is 17.6 Å². The highest BCUT2D eigenvalue weighted by molar-refractivity contribution is 7.07. The van der Waals surface area contributed by atoms with Gasteiger partial charge in [0.25, 0.3) is 0 Å². The van der Waals surface area contributed by atoms with E-state index in [1.54, 1.807) is 0 Å². The van der Waals surface area contributed by atoms with Crippen LogP contribution in [0.5, 0.6) is 5.88 Å². The van der Waals surface area contributed by atoms with Gasteiger partial charge in [-0.2, -0.15) is 27.5 Å². The van der Waals surface area contributed by atoms with Crippen molar-refractivity contribution in [3.05, 3.63) is 22.4 Å². The maximum absolute atomic E-state index is 13.4. The molecule has 0 saturated heterocycles. The van der Waals surface area contributed by atoms with Gasteiger partial charge in [0.05, 0.1) is 12.6 Å². The van der Waals surface area contributed by atoms with E-state index in [0.717, 1.165) is 7.11 Å². The molecule has 0 fully saturated rings. The number of methoxy groups -OCH3 is 1. The van der Waals surface area contributed by atoms with Gasteiger partial charge in [0.1, 0.15) is 5.69 Å². The summed E-state index contributed by atoms with van der Waals surface area (Å²) < 4.78 is 55.5. The van der Waals surface area contributed by atoms with Gasteiger partial charge in [-0.1, -0.05) is 0 Å². The van der Waals surface area contributed by atoms with Crippen molar-refractivity contribution in [2.24, 2.45) is 0 Å². The van der Waals surface area contributed by atoms with Crippen LogP contribution in [0, 0.1) is 5.95 Å². The second-order valence-corrected chi connectivity index (χ2v) is 3.81. The number of alkyl halides is 3. The zero-order valence-electron chi connectivity index (χ0n) is 8.82. The van der Waals surface area contributed by atoms with Crippen molar-refractivity contribution < 1.29 is 22.3 Å². The van der Waals surface area contributed by atoms with Gasteiger partial charge >= 0.3 is 6.18 Å². The molecule has 0 aliphatic carbocycles. The second kappa shape index (κ2) is 4.48. The molecule has 4 nitrogen and oxygen atoms in total. The Balaban J connectivity index is 2.61. The van der Waals surface area contributed by atoms with Gasteiger partial charge in [-0.25, -0.2) is 4.98 Å². The Morgan fingerprint density at radius 1 is 1.28 bits per heavy atom. The highest BCUT2D eigenvalue weighted by Gasteiger charge is 2.40. The van der Waals surface area contributed by atoms with Crippen LogP contribution in [-0.4, -0.2) is 22.1 Å². The van der Waals surface area contributed by atoms with Crippen LogP contribution < -0.4 is 4.74 Å². The van der Waals surface area contributed by atoms with Gasteiger partial charge in [0, 0.05) is 5.38 Å². The van der Waals surface area contributed by atoms with Crippen molar-refractivity contribution in [2.75, 3.05) is 7.11 Å². The summed E-state index contributed by atoms with van der Waals surface area (Å²) in [4.78, 5) is 10.5. The standard InChI is InChI=1S/C9H5F4N3OS/c1-17-8-5(9(11,12)13)6(10)15-7(16-8)4-2-18-3-14-4/h2-3H,1H3. The molecular formula is C9H5F4N3OS. The summed E-state index contributed by atoms with van der Waals surface area (Å²) in [6.45, 7) is 0. The maximum Gasteiger partial charge on any atom is 0.426 e. The number of halogens is 4. The summed E-state index contributed by atoms with van der Waals surface area (Å²) in [5, 5.41) is 1.49. The van der Waals surface area contributed by atoms with E-state index in [4.69, 9.17) is 0 Å². The predicted molar refractivity (Wildman–Crippen MR) is 54.7 cm³/mol. The lowest BCUT2D eigenvalue weighted by Gasteiger charge is -2.11. The van der Waals surface area contributed by atoms with Crippen molar-refractivity contribution in [1.82, 2.24) is 15.0 Å². The minimum Gasteiger partial charge on any atom is -0.480 e. The van der Waals surface area contributed by atoms with E-state index in [2.05, 4.69) is 19.7 Å². The monoisotopic (exact) mass is 279 g/mol. The Morgan fingerprint density at radius 3 is 2.50 bits per heavy atom. The molecule has 0 aliphatic heterocycles. The molecule has 2 aromatic heterocycles. The zero-order valence-corrected chi connectivity index (χ0v) is 9.64. The summed E-state index contributed by atoms with van der Waals surface area (Å²) in [6, 6.07) is 0. The Labute approximate surface area is 102 Å². The first-order chi connectivity index (χ1) is 8.43. The molecule has 0 aromatic carbocycles. The van der Waals surface area contributed by atoms with Crippen LogP contribution in [-0.2, 0) is 6.18 Å².